The maximum absolute atomic E-state index is 11.8. The second-order valence-electron chi connectivity index (χ2n) is 3.95. The van der Waals surface area contributed by atoms with Gasteiger partial charge in [-0.25, -0.2) is 4.79 Å². The topological polar surface area (TPSA) is 112 Å². The third-order valence-corrected chi connectivity index (χ3v) is 3.73. The van der Waals surface area contributed by atoms with Gasteiger partial charge in [-0.05, 0) is 6.92 Å². The van der Waals surface area contributed by atoms with Crippen LogP contribution in [0.2, 0.25) is 0 Å². The van der Waals surface area contributed by atoms with Crippen LogP contribution in [-0.2, 0) is 11.2 Å². The summed E-state index contributed by atoms with van der Waals surface area (Å²) in [5.41, 5.74) is 6.20. The summed E-state index contributed by atoms with van der Waals surface area (Å²) < 4.78 is 14.9. The molecule has 21 heavy (non-hydrogen) atoms. The summed E-state index contributed by atoms with van der Waals surface area (Å²) in [7, 11) is 1.50. The first-order valence-corrected chi connectivity index (χ1v) is 7.11. The molecule has 2 rings (SSSR count). The molecule has 0 spiro atoms. The van der Waals surface area contributed by atoms with E-state index in [1.165, 1.54) is 24.8 Å². The predicted octanol–water partition coefficient (Wildman–Crippen LogP) is 1.55. The number of aromatic nitrogens is 2. The Labute approximate surface area is 125 Å². The fourth-order valence-electron chi connectivity index (χ4n) is 1.69. The van der Waals surface area contributed by atoms with E-state index in [0.717, 1.165) is 0 Å². The maximum atomic E-state index is 11.8. The normalized spacial score (nSPS) is 10.4. The van der Waals surface area contributed by atoms with Crippen molar-refractivity contribution >= 4 is 28.0 Å². The van der Waals surface area contributed by atoms with Crippen LogP contribution in [0.4, 0.5) is 10.7 Å². The van der Waals surface area contributed by atoms with Crippen molar-refractivity contribution < 1.29 is 18.8 Å². The van der Waals surface area contributed by atoms with E-state index < -0.39 is 5.97 Å². The van der Waals surface area contributed by atoms with Crippen LogP contribution in [0.3, 0.4) is 0 Å². The molecule has 3 N–H and O–H groups in total. The van der Waals surface area contributed by atoms with Gasteiger partial charge in [0.15, 0.2) is 11.6 Å². The highest BCUT2D eigenvalue weighted by Crippen LogP contribution is 2.42. The van der Waals surface area contributed by atoms with E-state index in [1.807, 2.05) is 0 Å². The summed E-state index contributed by atoms with van der Waals surface area (Å²) in [6.45, 7) is 2.58. The van der Waals surface area contributed by atoms with Crippen LogP contribution in [0.15, 0.2) is 10.9 Å². The minimum Gasteiger partial charge on any atom is -0.492 e. The van der Waals surface area contributed by atoms with Crippen molar-refractivity contribution in [2.24, 2.45) is 0 Å². The van der Waals surface area contributed by atoms with Crippen molar-refractivity contribution in [3.8, 4) is 5.75 Å². The number of rotatable bonds is 7. The lowest BCUT2D eigenvalue weighted by Crippen LogP contribution is -2.05. The number of anilines is 2. The molecule has 2 aromatic heterocycles. The smallest absolute Gasteiger partial charge is 0.350 e. The number of hydrogen-bond donors (Lipinski definition) is 2. The van der Waals surface area contributed by atoms with Gasteiger partial charge in [0, 0.05) is 13.0 Å². The molecular formula is C12H16N4O4S. The molecule has 2 heterocycles. The number of thiophene rings is 1. The van der Waals surface area contributed by atoms with Gasteiger partial charge >= 0.3 is 5.97 Å². The highest BCUT2D eigenvalue weighted by atomic mass is 32.1. The van der Waals surface area contributed by atoms with Crippen molar-refractivity contribution in [1.29, 1.82) is 0 Å². The Balaban J connectivity index is 2.07. The molecule has 0 saturated heterocycles. The van der Waals surface area contributed by atoms with Crippen molar-refractivity contribution in [1.82, 2.24) is 10.1 Å². The Morgan fingerprint density at radius 3 is 3.00 bits per heavy atom. The molecule has 0 radical (unpaired) electrons. The molecule has 0 aliphatic rings. The lowest BCUT2D eigenvalue weighted by Gasteiger charge is -2.05. The molecule has 0 aliphatic heterocycles. The second-order valence-corrected chi connectivity index (χ2v) is 4.97. The van der Waals surface area contributed by atoms with Gasteiger partial charge in [0.2, 0.25) is 6.39 Å². The van der Waals surface area contributed by atoms with E-state index in [-0.39, 0.29) is 5.69 Å². The highest BCUT2D eigenvalue weighted by Gasteiger charge is 2.22. The van der Waals surface area contributed by atoms with Gasteiger partial charge < -0.3 is 25.0 Å². The van der Waals surface area contributed by atoms with Gasteiger partial charge in [-0.1, -0.05) is 5.16 Å². The molecule has 0 saturated carbocycles. The van der Waals surface area contributed by atoms with Gasteiger partial charge in [-0.3, -0.25) is 0 Å². The van der Waals surface area contributed by atoms with E-state index in [2.05, 4.69) is 20.0 Å². The SMILES string of the molecule is CCOC(=O)c1sc(NCCc2ncon2)c(OC)c1N. The van der Waals surface area contributed by atoms with Crippen molar-refractivity contribution in [2.45, 2.75) is 13.3 Å². The van der Waals surface area contributed by atoms with Gasteiger partial charge in [0.05, 0.1) is 13.7 Å². The third-order valence-electron chi connectivity index (χ3n) is 2.61. The van der Waals surface area contributed by atoms with E-state index in [9.17, 15) is 4.79 Å². The first kappa shape index (κ1) is 15.1. The van der Waals surface area contributed by atoms with Crippen molar-refractivity contribution in [2.75, 3.05) is 31.3 Å². The summed E-state index contributed by atoms with van der Waals surface area (Å²) >= 11 is 1.20. The van der Waals surface area contributed by atoms with Crippen LogP contribution in [0.25, 0.3) is 0 Å². The van der Waals surface area contributed by atoms with Gasteiger partial charge in [-0.15, -0.1) is 11.3 Å². The number of carbonyl (C=O) groups excluding carboxylic acids is 1. The summed E-state index contributed by atoms with van der Waals surface area (Å²) in [6.07, 6.45) is 1.85. The lowest BCUT2D eigenvalue weighted by molar-refractivity contribution is 0.0533. The van der Waals surface area contributed by atoms with Gasteiger partial charge in [0.1, 0.15) is 15.6 Å². The number of methoxy groups -OCH3 is 1. The zero-order valence-corrected chi connectivity index (χ0v) is 12.5. The van der Waals surface area contributed by atoms with Crippen LogP contribution >= 0.6 is 11.3 Å². The average molecular weight is 312 g/mol. The quantitative estimate of drug-likeness (QED) is 0.740. The summed E-state index contributed by atoms with van der Waals surface area (Å²) in [5.74, 6) is 0.581. The highest BCUT2D eigenvalue weighted by molar-refractivity contribution is 7.19. The fraction of sp³-hybridized carbons (Fsp3) is 0.417. The molecule has 0 aliphatic carbocycles. The molecule has 0 unspecified atom stereocenters. The molecule has 0 aromatic carbocycles. The van der Waals surface area contributed by atoms with Crippen LogP contribution in [-0.4, -0.2) is 36.4 Å². The Kier molecular flexibility index (Phi) is 4.99. The monoisotopic (exact) mass is 312 g/mol. The molecule has 0 fully saturated rings. The number of nitrogens with one attached hydrogen (secondary N) is 1. The zero-order valence-electron chi connectivity index (χ0n) is 11.7. The number of carbonyl (C=O) groups is 1. The van der Waals surface area contributed by atoms with Crippen molar-refractivity contribution in [3.05, 3.63) is 17.1 Å². The number of nitrogens with two attached hydrogens (primary N) is 1. The first-order chi connectivity index (χ1) is 10.2. The molecule has 0 bridgehead atoms. The van der Waals surface area contributed by atoms with Crippen molar-refractivity contribution in [3.63, 3.8) is 0 Å². The molecular weight excluding hydrogens is 296 g/mol. The molecule has 0 atom stereocenters. The number of hydrogen-bond acceptors (Lipinski definition) is 9. The van der Waals surface area contributed by atoms with Gasteiger partial charge in [-0.2, -0.15) is 4.98 Å². The summed E-state index contributed by atoms with van der Waals surface area (Å²) in [6, 6.07) is 0. The Morgan fingerprint density at radius 2 is 2.38 bits per heavy atom. The summed E-state index contributed by atoms with van der Waals surface area (Å²) in [5, 5.41) is 7.53. The Hall–Kier alpha value is -2.29. The molecule has 9 heteroatoms. The fourth-order valence-corrected chi connectivity index (χ4v) is 2.70. The van der Waals surface area contributed by atoms with E-state index in [0.29, 0.717) is 41.0 Å². The van der Waals surface area contributed by atoms with Crippen LogP contribution in [0.1, 0.15) is 22.4 Å². The molecule has 114 valence electrons. The lowest BCUT2D eigenvalue weighted by atomic mass is 10.3. The number of nitrogen functional groups attached to an aromatic ring is 1. The second kappa shape index (κ2) is 6.93. The van der Waals surface area contributed by atoms with Gasteiger partial charge in [0.25, 0.3) is 0 Å². The number of ether oxygens (including phenoxy) is 2. The Morgan fingerprint density at radius 1 is 1.57 bits per heavy atom. The van der Waals surface area contributed by atoms with Crippen LogP contribution < -0.4 is 15.8 Å². The van der Waals surface area contributed by atoms with E-state index >= 15 is 0 Å². The zero-order chi connectivity index (χ0) is 15.2. The third kappa shape index (κ3) is 3.43. The number of esters is 1. The maximum Gasteiger partial charge on any atom is 0.350 e. The van der Waals surface area contributed by atoms with Crippen LogP contribution in [0.5, 0.6) is 5.75 Å². The standard InChI is InChI=1S/C12H16N4O4S/c1-3-19-12(17)10-8(13)9(18-2)11(21-10)14-5-4-7-15-6-20-16-7/h6,14H,3-5,13H2,1-2H3. The largest absolute Gasteiger partial charge is 0.492 e. The average Bonchev–Trinajstić information content (AvgIpc) is 3.07. The minimum atomic E-state index is -0.454. The molecule has 8 nitrogen and oxygen atoms in total. The molecule has 2 aromatic rings. The molecule has 0 amide bonds. The van der Waals surface area contributed by atoms with E-state index in [1.54, 1.807) is 6.92 Å². The van der Waals surface area contributed by atoms with E-state index in [4.69, 9.17) is 15.2 Å². The minimum absolute atomic E-state index is 0.281. The Bertz CT molecular complexity index is 597. The summed E-state index contributed by atoms with van der Waals surface area (Å²) in [4.78, 5) is 16.1. The van der Waals surface area contributed by atoms with Crippen LogP contribution in [0, 0.1) is 0 Å². The first-order valence-electron chi connectivity index (χ1n) is 6.29. The predicted molar refractivity (Wildman–Crippen MR) is 77.7 cm³/mol. The number of nitrogens with zero attached hydrogens (tertiary/aromatic N) is 2.